The highest BCUT2D eigenvalue weighted by Crippen LogP contribution is 2.20. The summed E-state index contributed by atoms with van der Waals surface area (Å²) in [4.78, 5) is 17.8. The number of ether oxygens (including phenoxy) is 1. The quantitative estimate of drug-likeness (QED) is 0.898. The maximum atomic E-state index is 11.1. The number of methoxy groups -OCH3 is 1. The fourth-order valence-electron chi connectivity index (χ4n) is 2.35. The molecule has 0 radical (unpaired) electrons. The first-order chi connectivity index (χ1) is 9.58. The molecule has 1 atom stereocenters. The van der Waals surface area contributed by atoms with E-state index < -0.39 is 6.09 Å². The number of nitrogens with zero attached hydrogens (tertiary/aromatic N) is 3. The van der Waals surface area contributed by atoms with Crippen molar-refractivity contribution >= 4 is 6.09 Å². The van der Waals surface area contributed by atoms with E-state index in [0.717, 1.165) is 32.4 Å². The zero-order valence-corrected chi connectivity index (χ0v) is 12.3. The summed E-state index contributed by atoms with van der Waals surface area (Å²) in [5, 5.41) is 6.60. The summed E-state index contributed by atoms with van der Waals surface area (Å²) >= 11 is 0. The fraction of sp³-hybridized carbons (Fsp3) is 0.769. The van der Waals surface area contributed by atoms with Crippen LogP contribution in [0.1, 0.15) is 37.5 Å². The van der Waals surface area contributed by atoms with Crippen LogP contribution in [0.3, 0.4) is 0 Å². The number of nitrogens with one attached hydrogen (secondary N) is 1. The van der Waals surface area contributed by atoms with Crippen molar-refractivity contribution in [3.05, 3.63) is 11.7 Å². The fourth-order valence-corrected chi connectivity index (χ4v) is 2.35. The first-order valence-electron chi connectivity index (χ1n) is 6.94. The van der Waals surface area contributed by atoms with Crippen molar-refractivity contribution in [3.63, 3.8) is 0 Å². The van der Waals surface area contributed by atoms with Crippen LogP contribution in [0.4, 0.5) is 4.79 Å². The van der Waals surface area contributed by atoms with Gasteiger partial charge >= 0.3 is 6.09 Å². The molecule has 7 heteroatoms. The van der Waals surface area contributed by atoms with Gasteiger partial charge in [-0.2, -0.15) is 4.98 Å². The summed E-state index contributed by atoms with van der Waals surface area (Å²) < 4.78 is 9.73. The number of aromatic nitrogens is 2. The molecule has 0 aromatic carbocycles. The summed E-state index contributed by atoms with van der Waals surface area (Å²) in [6.45, 7) is 4.02. The molecule has 0 unspecified atom stereocenters. The van der Waals surface area contributed by atoms with E-state index in [4.69, 9.17) is 4.52 Å². The highest BCUT2D eigenvalue weighted by atomic mass is 16.5. The minimum atomic E-state index is -0.507. The molecule has 20 heavy (non-hydrogen) atoms. The first kappa shape index (κ1) is 14.8. The molecule has 0 bridgehead atoms. The van der Waals surface area contributed by atoms with Crippen LogP contribution in [0.5, 0.6) is 0 Å². The normalized spacial score (nSPS) is 18.8. The molecule has 1 amide bonds. The molecule has 1 saturated heterocycles. The van der Waals surface area contributed by atoms with E-state index in [1.165, 1.54) is 7.11 Å². The highest BCUT2D eigenvalue weighted by Gasteiger charge is 2.21. The average Bonchev–Trinajstić information content (AvgIpc) is 2.90. The van der Waals surface area contributed by atoms with E-state index in [9.17, 15) is 4.79 Å². The van der Waals surface area contributed by atoms with E-state index in [-0.39, 0.29) is 6.04 Å². The Labute approximate surface area is 118 Å². The van der Waals surface area contributed by atoms with Crippen LogP contribution in [0.2, 0.25) is 0 Å². The molecule has 112 valence electrons. The van der Waals surface area contributed by atoms with Gasteiger partial charge in [-0.3, -0.25) is 0 Å². The van der Waals surface area contributed by atoms with Gasteiger partial charge in [0.25, 0.3) is 0 Å². The van der Waals surface area contributed by atoms with Crippen molar-refractivity contribution in [2.75, 3.05) is 27.2 Å². The van der Waals surface area contributed by atoms with Gasteiger partial charge in [-0.1, -0.05) is 5.16 Å². The molecule has 1 N–H and O–H groups in total. The lowest BCUT2D eigenvalue weighted by molar-refractivity contribution is 0.165. The first-order valence-corrected chi connectivity index (χ1v) is 6.94. The Morgan fingerprint density at radius 1 is 1.55 bits per heavy atom. The molecule has 1 aliphatic heterocycles. The van der Waals surface area contributed by atoms with Gasteiger partial charge in [0.15, 0.2) is 5.82 Å². The van der Waals surface area contributed by atoms with Crippen LogP contribution in [0, 0.1) is 5.92 Å². The zero-order valence-electron chi connectivity index (χ0n) is 12.3. The molecule has 0 saturated carbocycles. The molecule has 7 nitrogen and oxygen atoms in total. The van der Waals surface area contributed by atoms with Crippen LogP contribution in [-0.4, -0.2) is 48.4 Å². The lowest BCUT2D eigenvalue weighted by Crippen LogP contribution is -2.31. The van der Waals surface area contributed by atoms with E-state index >= 15 is 0 Å². The summed E-state index contributed by atoms with van der Waals surface area (Å²) in [5.41, 5.74) is 0. The lowest BCUT2D eigenvalue weighted by atomic mass is 9.94. The van der Waals surface area contributed by atoms with Gasteiger partial charge in [0, 0.05) is 6.42 Å². The molecular weight excluding hydrogens is 260 g/mol. The minimum absolute atomic E-state index is 0.346. The van der Waals surface area contributed by atoms with Crippen molar-refractivity contribution in [3.8, 4) is 0 Å². The minimum Gasteiger partial charge on any atom is -0.453 e. The highest BCUT2D eigenvalue weighted by molar-refractivity contribution is 5.67. The second-order valence-corrected chi connectivity index (χ2v) is 5.36. The summed E-state index contributed by atoms with van der Waals surface area (Å²) in [6.07, 6.45) is 2.65. The van der Waals surface area contributed by atoms with Gasteiger partial charge < -0.3 is 19.5 Å². The van der Waals surface area contributed by atoms with Gasteiger partial charge in [0.1, 0.15) is 6.04 Å². The number of amides is 1. The molecule has 0 spiro atoms. The van der Waals surface area contributed by atoms with Gasteiger partial charge in [-0.25, -0.2) is 4.79 Å². The summed E-state index contributed by atoms with van der Waals surface area (Å²) in [6, 6.07) is -0.346. The molecular formula is C13H22N4O3. The van der Waals surface area contributed by atoms with Gasteiger partial charge in [0.05, 0.1) is 7.11 Å². The topological polar surface area (TPSA) is 80.5 Å². The molecule has 1 fully saturated rings. The van der Waals surface area contributed by atoms with Gasteiger partial charge in [-0.05, 0) is 45.8 Å². The lowest BCUT2D eigenvalue weighted by Gasteiger charge is -2.28. The van der Waals surface area contributed by atoms with Crippen LogP contribution in [0.25, 0.3) is 0 Å². The number of piperidine rings is 1. The molecule has 1 aromatic heterocycles. The van der Waals surface area contributed by atoms with Crippen molar-refractivity contribution < 1.29 is 14.1 Å². The number of carbonyl (C=O) groups is 1. The Morgan fingerprint density at radius 2 is 2.25 bits per heavy atom. The summed E-state index contributed by atoms with van der Waals surface area (Å²) in [5.74, 6) is 1.74. The predicted octanol–water partition coefficient (Wildman–Crippen LogP) is 1.37. The third-order valence-electron chi connectivity index (χ3n) is 3.68. The number of carbonyl (C=O) groups excluding carboxylic acids is 1. The van der Waals surface area contributed by atoms with Crippen LogP contribution < -0.4 is 5.32 Å². The van der Waals surface area contributed by atoms with Gasteiger partial charge in [0.2, 0.25) is 5.89 Å². The third-order valence-corrected chi connectivity index (χ3v) is 3.68. The second-order valence-electron chi connectivity index (χ2n) is 5.36. The molecule has 1 aliphatic rings. The van der Waals surface area contributed by atoms with Crippen LogP contribution in [0.15, 0.2) is 4.52 Å². The SMILES string of the molecule is COC(=O)N[C@@H](C)c1nc(CC2CCN(C)CC2)no1. The van der Waals surface area contributed by atoms with Crippen molar-refractivity contribution in [1.82, 2.24) is 20.4 Å². The third kappa shape index (κ3) is 3.93. The van der Waals surface area contributed by atoms with Crippen molar-refractivity contribution in [1.29, 1.82) is 0 Å². The number of alkyl carbamates (subject to hydrolysis) is 1. The standard InChI is InChI=1S/C13H22N4O3/c1-9(14-13(18)19-3)12-15-11(16-20-12)8-10-4-6-17(2)7-5-10/h9-10H,4-8H2,1-3H3,(H,14,18)/t9-/m0/s1. The van der Waals surface area contributed by atoms with Crippen molar-refractivity contribution in [2.24, 2.45) is 5.92 Å². The van der Waals surface area contributed by atoms with Crippen LogP contribution >= 0.6 is 0 Å². The van der Waals surface area contributed by atoms with E-state index in [0.29, 0.717) is 17.6 Å². The van der Waals surface area contributed by atoms with Crippen LogP contribution in [-0.2, 0) is 11.2 Å². The maximum absolute atomic E-state index is 11.1. The molecule has 0 aliphatic carbocycles. The van der Waals surface area contributed by atoms with Gasteiger partial charge in [-0.15, -0.1) is 0 Å². The monoisotopic (exact) mass is 282 g/mol. The number of likely N-dealkylation sites (tertiary alicyclic amines) is 1. The number of hydrogen-bond acceptors (Lipinski definition) is 6. The Morgan fingerprint density at radius 3 is 2.90 bits per heavy atom. The largest absolute Gasteiger partial charge is 0.453 e. The Bertz CT molecular complexity index is 441. The smallest absolute Gasteiger partial charge is 0.407 e. The Balaban J connectivity index is 1.87. The van der Waals surface area contributed by atoms with E-state index in [2.05, 4.69) is 32.1 Å². The molecule has 1 aromatic rings. The maximum Gasteiger partial charge on any atom is 0.407 e. The predicted molar refractivity (Wildman–Crippen MR) is 72.2 cm³/mol. The number of hydrogen-bond donors (Lipinski definition) is 1. The Kier molecular flexibility index (Phi) is 4.94. The summed E-state index contributed by atoms with van der Waals surface area (Å²) in [7, 11) is 3.46. The average molecular weight is 282 g/mol. The molecule has 2 heterocycles. The number of rotatable bonds is 4. The second kappa shape index (κ2) is 6.69. The van der Waals surface area contributed by atoms with E-state index in [1.807, 2.05) is 0 Å². The van der Waals surface area contributed by atoms with E-state index in [1.54, 1.807) is 6.92 Å². The Hall–Kier alpha value is -1.63. The zero-order chi connectivity index (χ0) is 14.5. The molecule has 2 rings (SSSR count). The van der Waals surface area contributed by atoms with Crippen molar-refractivity contribution in [2.45, 2.75) is 32.2 Å².